The van der Waals surface area contributed by atoms with E-state index in [0.717, 1.165) is 17.0 Å². The summed E-state index contributed by atoms with van der Waals surface area (Å²) >= 11 is 15.8. The van der Waals surface area contributed by atoms with Crippen LogP contribution in [0.2, 0.25) is 10.0 Å². The van der Waals surface area contributed by atoms with E-state index in [1.165, 1.54) is 0 Å². The molecular weight excluding hydrogens is 308 g/mol. The number of nitrogens with one attached hydrogen (secondary N) is 1. The fraction of sp³-hybridized carbons (Fsp3) is 0. The van der Waals surface area contributed by atoms with Crippen molar-refractivity contribution < 1.29 is 9.18 Å². The SMILES string of the molecule is O=C(Nc1c(Cl)cc(F)cc1Cl)c1ccc(S)cc1. The molecule has 0 spiro atoms. The number of amides is 1. The normalized spacial score (nSPS) is 10.3. The molecule has 0 bridgehead atoms. The van der Waals surface area contributed by atoms with E-state index in [-0.39, 0.29) is 21.6 Å². The molecule has 0 radical (unpaired) electrons. The summed E-state index contributed by atoms with van der Waals surface area (Å²) in [5.41, 5.74) is 0.610. The van der Waals surface area contributed by atoms with Crippen molar-refractivity contribution in [3.05, 3.63) is 57.8 Å². The van der Waals surface area contributed by atoms with Gasteiger partial charge in [-0.2, -0.15) is 0 Å². The van der Waals surface area contributed by atoms with Crippen LogP contribution < -0.4 is 5.32 Å². The Hall–Kier alpha value is -1.23. The first-order chi connectivity index (χ1) is 8.97. The summed E-state index contributed by atoms with van der Waals surface area (Å²) in [5.74, 6) is -0.948. The van der Waals surface area contributed by atoms with Gasteiger partial charge in [0.2, 0.25) is 0 Å². The smallest absolute Gasteiger partial charge is 0.255 e. The fourth-order valence-corrected chi connectivity index (χ4v) is 2.16. The second-order valence-electron chi connectivity index (χ2n) is 3.75. The molecule has 1 N–H and O–H groups in total. The van der Waals surface area contributed by atoms with Crippen LogP contribution in [0.5, 0.6) is 0 Å². The Morgan fingerprint density at radius 2 is 1.63 bits per heavy atom. The van der Waals surface area contributed by atoms with Gasteiger partial charge in [-0.3, -0.25) is 4.79 Å². The van der Waals surface area contributed by atoms with Gasteiger partial charge in [-0.05, 0) is 36.4 Å². The molecule has 0 aliphatic carbocycles. The Labute approximate surface area is 124 Å². The topological polar surface area (TPSA) is 29.1 Å². The first-order valence-corrected chi connectivity index (χ1v) is 6.42. The van der Waals surface area contributed by atoms with Gasteiger partial charge < -0.3 is 5.32 Å². The highest BCUT2D eigenvalue weighted by Crippen LogP contribution is 2.31. The van der Waals surface area contributed by atoms with E-state index >= 15 is 0 Å². The van der Waals surface area contributed by atoms with E-state index in [9.17, 15) is 9.18 Å². The van der Waals surface area contributed by atoms with Crippen molar-refractivity contribution in [1.29, 1.82) is 0 Å². The minimum absolute atomic E-state index is 0.0455. The van der Waals surface area contributed by atoms with Gasteiger partial charge in [-0.1, -0.05) is 23.2 Å². The average Bonchev–Trinajstić information content (AvgIpc) is 2.34. The lowest BCUT2D eigenvalue weighted by molar-refractivity contribution is 0.102. The summed E-state index contributed by atoms with van der Waals surface area (Å²) in [4.78, 5) is 12.7. The third kappa shape index (κ3) is 3.41. The van der Waals surface area contributed by atoms with Crippen LogP contribution in [-0.4, -0.2) is 5.91 Å². The van der Waals surface area contributed by atoms with Gasteiger partial charge >= 0.3 is 0 Å². The zero-order valence-corrected chi connectivity index (χ0v) is 11.9. The van der Waals surface area contributed by atoms with Gasteiger partial charge in [0.25, 0.3) is 5.91 Å². The van der Waals surface area contributed by atoms with Crippen molar-refractivity contribution in [1.82, 2.24) is 0 Å². The molecule has 2 nitrogen and oxygen atoms in total. The van der Waals surface area contributed by atoms with Crippen LogP contribution in [0, 0.1) is 5.82 Å². The molecule has 0 aromatic heterocycles. The Morgan fingerprint density at radius 1 is 1.11 bits per heavy atom. The zero-order chi connectivity index (χ0) is 14.0. The van der Waals surface area contributed by atoms with Gasteiger partial charge in [0.15, 0.2) is 0 Å². The zero-order valence-electron chi connectivity index (χ0n) is 9.45. The molecule has 0 saturated heterocycles. The number of carbonyl (C=O) groups excluding carboxylic acids is 1. The van der Waals surface area contributed by atoms with Gasteiger partial charge in [0.1, 0.15) is 5.82 Å². The predicted octanol–water partition coefficient (Wildman–Crippen LogP) is 4.67. The summed E-state index contributed by atoms with van der Waals surface area (Å²) in [6.07, 6.45) is 0. The number of rotatable bonds is 2. The van der Waals surface area contributed by atoms with Gasteiger partial charge in [-0.15, -0.1) is 12.6 Å². The maximum atomic E-state index is 13.0. The highest BCUT2D eigenvalue weighted by atomic mass is 35.5. The van der Waals surface area contributed by atoms with Gasteiger partial charge in [0, 0.05) is 10.5 Å². The molecule has 0 aliphatic rings. The Bertz CT molecular complexity index is 608. The van der Waals surface area contributed by atoms with Crippen molar-refractivity contribution in [3.63, 3.8) is 0 Å². The van der Waals surface area contributed by atoms with E-state index in [1.807, 2.05) is 0 Å². The van der Waals surface area contributed by atoms with E-state index in [4.69, 9.17) is 23.2 Å². The Morgan fingerprint density at radius 3 is 2.16 bits per heavy atom. The third-order valence-electron chi connectivity index (χ3n) is 2.37. The summed E-state index contributed by atoms with van der Waals surface area (Å²) in [5, 5.41) is 2.64. The number of carbonyl (C=O) groups is 1. The monoisotopic (exact) mass is 315 g/mol. The maximum Gasteiger partial charge on any atom is 0.255 e. The molecule has 0 aliphatic heterocycles. The van der Waals surface area contributed by atoms with Crippen LogP contribution in [0.3, 0.4) is 0 Å². The summed E-state index contributed by atoms with van der Waals surface area (Å²) in [6, 6.07) is 8.77. The van der Waals surface area contributed by atoms with E-state index in [1.54, 1.807) is 24.3 Å². The molecule has 0 fully saturated rings. The molecule has 98 valence electrons. The number of anilines is 1. The lowest BCUT2D eigenvalue weighted by Crippen LogP contribution is -2.12. The maximum absolute atomic E-state index is 13.0. The number of halogens is 3. The number of hydrogen-bond donors (Lipinski definition) is 2. The molecule has 2 aromatic carbocycles. The van der Waals surface area contributed by atoms with Crippen LogP contribution in [0.1, 0.15) is 10.4 Å². The number of benzene rings is 2. The minimum Gasteiger partial charge on any atom is -0.319 e. The van der Waals surface area contributed by atoms with Crippen molar-refractivity contribution >= 4 is 47.4 Å². The number of thiol groups is 1. The molecule has 2 aromatic rings. The third-order valence-corrected chi connectivity index (χ3v) is 3.27. The average molecular weight is 316 g/mol. The van der Waals surface area contributed by atoms with Crippen LogP contribution >= 0.6 is 35.8 Å². The van der Waals surface area contributed by atoms with E-state index in [2.05, 4.69) is 17.9 Å². The molecular formula is C13H8Cl2FNOS. The summed E-state index contributed by atoms with van der Waals surface area (Å²) in [6.45, 7) is 0. The highest BCUT2D eigenvalue weighted by molar-refractivity contribution is 7.80. The molecule has 0 unspecified atom stereocenters. The lowest BCUT2D eigenvalue weighted by Gasteiger charge is -2.09. The largest absolute Gasteiger partial charge is 0.319 e. The van der Waals surface area contributed by atoms with Crippen LogP contribution in [0.4, 0.5) is 10.1 Å². The van der Waals surface area contributed by atoms with Gasteiger partial charge in [-0.25, -0.2) is 4.39 Å². The highest BCUT2D eigenvalue weighted by Gasteiger charge is 2.13. The Balaban J connectivity index is 2.26. The first kappa shape index (κ1) is 14.2. The lowest BCUT2D eigenvalue weighted by atomic mass is 10.2. The van der Waals surface area contributed by atoms with Crippen LogP contribution in [0.25, 0.3) is 0 Å². The molecule has 0 heterocycles. The Kier molecular flexibility index (Phi) is 4.34. The van der Waals surface area contributed by atoms with Crippen molar-refractivity contribution in [2.45, 2.75) is 4.90 Å². The molecule has 2 rings (SSSR count). The molecule has 6 heteroatoms. The van der Waals surface area contributed by atoms with E-state index < -0.39 is 5.82 Å². The predicted molar refractivity (Wildman–Crippen MR) is 78.1 cm³/mol. The summed E-state index contributed by atoms with van der Waals surface area (Å²) in [7, 11) is 0. The van der Waals surface area contributed by atoms with Crippen molar-refractivity contribution in [2.75, 3.05) is 5.32 Å². The summed E-state index contributed by atoms with van der Waals surface area (Å²) < 4.78 is 13.0. The van der Waals surface area contributed by atoms with E-state index in [0.29, 0.717) is 5.56 Å². The second-order valence-corrected chi connectivity index (χ2v) is 5.08. The van der Waals surface area contributed by atoms with Crippen molar-refractivity contribution in [2.24, 2.45) is 0 Å². The second kappa shape index (κ2) is 5.82. The number of hydrogen-bond acceptors (Lipinski definition) is 2. The molecule has 19 heavy (non-hydrogen) atoms. The fourth-order valence-electron chi connectivity index (χ4n) is 1.46. The van der Waals surface area contributed by atoms with Gasteiger partial charge in [0.05, 0.1) is 15.7 Å². The molecule has 0 atom stereocenters. The molecule has 0 saturated carbocycles. The minimum atomic E-state index is -0.563. The quantitative estimate of drug-likeness (QED) is 0.774. The first-order valence-electron chi connectivity index (χ1n) is 5.22. The van der Waals surface area contributed by atoms with Crippen LogP contribution in [-0.2, 0) is 0 Å². The van der Waals surface area contributed by atoms with Crippen LogP contribution in [0.15, 0.2) is 41.3 Å². The van der Waals surface area contributed by atoms with Crippen molar-refractivity contribution in [3.8, 4) is 0 Å². The molecule has 1 amide bonds. The standard InChI is InChI=1S/C13H8Cl2FNOS/c14-10-5-8(16)6-11(15)12(10)17-13(18)7-1-3-9(19)4-2-7/h1-6,19H,(H,17,18).